The monoisotopic (exact) mass is 1740 g/mol. The summed E-state index contributed by atoms with van der Waals surface area (Å²) in [5, 5.41) is 20.8. The van der Waals surface area contributed by atoms with Crippen LogP contribution in [0.4, 0.5) is 0 Å². The number of carbonyl (C=O) groups excluding carboxylic acids is 3. The van der Waals surface area contributed by atoms with Crippen molar-refractivity contribution in [2.45, 2.75) is 450 Å². The Morgan fingerprint density at radius 1 is 0.231 bits per heavy atom. The van der Waals surface area contributed by atoms with Gasteiger partial charge in [-0.15, -0.1) is 0 Å². The number of aliphatic hydroxyl groups excluding tert-OH is 2. The van der Waals surface area contributed by atoms with Crippen molar-refractivity contribution in [2.75, 3.05) is 39.6 Å². The van der Waals surface area contributed by atoms with Crippen LogP contribution in [0.2, 0.25) is 0 Å². The Labute approximate surface area is 740 Å². The zero-order valence-electron chi connectivity index (χ0n) is 77.2. The summed E-state index contributed by atoms with van der Waals surface area (Å²) in [7, 11) is -9.82. The van der Waals surface area contributed by atoms with Crippen LogP contribution in [-0.4, -0.2) is 95.9 Å². The molecule has 18 heteroatoms. The molecule has 0 saturated heterocycles. The molecule has 16 nitrogen and oxygen atoms in total. The van der Waals surface area contributed by atoms with Crippen LogP contribution < -0.4 is 0 Å². The topological polar surface area (TPSA) is 231 Å². The number of hydrogen-bond acceptors (Lipinski definition) is 14. The summed E-state index contributed by atoms with van der Waals surface area (Å²) in [4.78, 5) is 59.1. The normalized spacial score (nSPS) is 14.3. The van der Waals surface area contributed by atoms with Gasteiger partial charge in [0.1, 0.15) is 25.4 Å². The molecule has 0 amide bonds. The molecule has 0 aliphatic rings. The van der Waals surface area contributed by atoms with Crippen LogP contribution >= 0.6 is 15.6 Å². The summed E-state index contributed by atoms with van der Waals surface area (Å²) < 4.78 is 61.6. The fraction of sp³-hybridized carbons (Fsp3) is 0.738. The van der Waals surface area contributed by atoms with Gasteiger partial charge in [-0.05, 0) is 154 Å². The van der Waals surface area contributed by atoms with E-state index in [1.54, 1.807) is 0 Å². The van der Waals surface area contributed by atoms with Crippen LogP contribution in [0, 0.1) is 0 Å². The first-order chi connectivity index (χ1) is 59.2. The smallest absolute Gasteiger partial charge is 0.463 e. The van der Waals surface area contributed by atoms with Gasteiger partial charge in [0.25, 0.3) is 0 Å². The van der Waals surface area contributed by atoms with Gasteiger partial charge in [0.2, 0.25) is 0 Å². The zero-order chi connectivity index (χ0) is 87.9. The fourth-order valence-electron chi connectivity index (χ4n) is 13.5. The first kappa shape index (κ1) is 116. The molecular weight excluding hydrogens is 1560 g/mol. The predicted octanol–water partition coefficient (Wildman–Crippen LogP) is 30.7. The molecule has 5 unspecified atom stereocenters. The van der Waals surface area contributed by atoms with E-state index in [1.165, 1.54) is 218 Å². The van der Waals surface area contributed by atoms with E-state index in [9.17, 15) is 43.5 Å². The maximum absolute atomic E-state index is 13.1. The lowest BCUT2D eigenvalue weighted by Crippen LogP contribution is -2.30. The third-order valence-corrected chi connectivity index (χ3v) is 22.9. The van der Waals surface area contributed by atoms with Crippen molar-refractivity contribution in [3.8, 4) is 0 Å². The highest BCUT2D eigenvalue weighted by Crippen LogP contribution is 2.45. The summed E-state index contributed by atoms with van der Waals surface area (Å²) in [5.74, 6) is -1.57. The number of carbonyl (C=O) groups is 3. The number of aliphatic hydroxyl groups is 2. The molecule has 0 spiro atoms. The van der Waals surface area contributed by atoms with Crippen LogP contribution in [0.1, 0.15) is 432 Å². The molecule has 0 radical (unpaired) electrons. The standard InChI is InChI=1S/C103H180O16P2/c1-4-7-10-13-16-19-22-25-28-31-34-37-40-42-44-46-47-48-49-51-53-54-57-59-62-65-68-71-74-77-80-83-86-89-101(106)113-92-98(104)93-115-120(109,110)116-94-99(105)95-117-121(111,112)118-97-100(119-103(108)91-88-85-82-79-76-73-70-67-64-61-56-39-36-33-30-27-24-21-18-15-12-9-6-3)96-114-102(107)90-87-84-81-78-75-72-69-66-63-60-58-55-52-50-45-43-41-38-35-32-29-26-23-20-17-14-11-8-5-2/h16-21,25-30,34-39,42-45,61,64,98-100,104-105H,4-15,22-24,31-33,40-41,46-60,62-63,65-97H2,1-3H3,(H,109,110)(H,111,112)/b19-16-,20-17-,21-18-,28-25-,29-26-,30-27-,37-34-,38-35-,39-36-,44-42-,45-43-,64-61-. The number of ether oxygens (including phenoxy) is 3. The minimum Gasteiger partial charge on any atom is -0.463 e. The van der Waals surface area contributed by atoms with Gasteiger partial charge in [-0.2, -0.15) is 0 Å². The maximum atomic E-state index is 13.1. The molecular formula is C103H180O16P2. The largest absolute Gasteiger partial charge is 0.472 e. The molecule has 0 aromatic heterocycles. The van der Waals surface area contributed by atoms with Crippen molar-refractivity contribution < 1.29 is 75.8 Å². The molecule has 0 rings (SSSR count). The lowest BCUT2D eigenvalue weighted by Gasteiger charge is -2.21. The van der Waals surface area contributed by atoms with E-state index in [0.29, 0.717) is 19.3 Å². The molecule has 0 aromatic carbocycles. The highest BCUT2D eigenvalue weighted by Gasteiger charge is 2.30. The van der Waals surface area contributed by atoms with Gasteiger partial charge in [0, 0.05) is 19.3 Å². The molecule has 0 aliphatic carbocycles. The quantitative estimate of drug-likeness (QED) is 0.0146. The highest BCUT2D eigenvalue weighted by molar-refractivity contribution is 7.47. The second-order valence-electron chi connectivity index (χ2n) is 32.9. The molecule has 5 atom stereocenters. The molecule has 0 fully saturated rings. The van der Waals surface area contributed by atoms with Crippen LogP contribution in [-0.2, 0) is 55.8 Å². The molecule has 0 bridgehead atoms. The van der Waals surface area contributed by atoms with E-state index in [0.717, 1.165) is 154 Å². The van der Waals surface area contributed by atoms with E-state index in [2.05, 4.69) is 167 Å². The minimum atomic E-state index is -4.95. The number of phosphoric acid groups is 2. The molecule has 0 saturated carbocycles. The van der Waals surface area contributed by atoms with Gasteiger partial charge in [-0.3, -0.25) is 32.5 Å². The van der Waals surface area contributed by atoms with Crippen LogP contribution in [0.5, 0.6) is 0 Å². The van der Waals surface area contributed by atoms with Crippen molar-refractivity contribution in [3.05, 3.63) is 146 Å². The van der Waals surface area contributed by atoms with Gasteiger partial charge in [-0.1, -0.05) is 404 Å². The average molecular weight is 1740 g/mol. The first-order valence-electron chi connectivity index (χ1n) is 49.1. The minimum absolute atomic E-state index is 0.0901. The average Bonchev–Trinajstić information content (AvgIpc) is 0.887. The number of phosphoric ester groups is 2. The predicted molar refractivity (Wildman–Crippen MR) is 509 cm³/mol. The summed E-state index contributed by atoms with van der Waals surface area (Å²) in [5.41, 5.74) is 0. The summed E-state index contributed by atoms with van der Waals surface area (Å²) in [6, 6.07) is 0. The lowest BCUT2D eigenvalue weighted by molar-refractivity contribution is -0.161. The fourth-order valence-corrected chi connectivity index (χ4v) is 15.1. The van der Waals surface area contributed by atoms with Gasteiger partial charge in [0.05, 0.1) is 26.4 Å². The first-order valence-corrected chi connectivity index (χ1v) is 52.1. The Kier molecular flexibility index (Phi) is 91.0. The Balaban J connectivity index is 4.58. The Morgan fingerprint density at radius 2 is 0.413 bits per heavy atom. The number of allylic oxidation sites excluding steroid dienone is 24. The zero-order valence-corrected chi connectivity index (χ0v) is 79.0. The van der Waals surface area contributed by atoms with E-state index < -0.39 is 91.5 Å². The van der Waals surface area contributed by atoms with Crippen molar-refractivity contribution in [1.29, 1.82) is 0 Å². The third kappa shape index (κ3) is 95.9. The molecule has 698 valence electrons. The number of esters is 3. The molecule has 4 N–H and O–H groups in total. The van der Waals surface area contributed by atoms with Gasteiger partial charge in [-0.25, -0.2) is 9.13 Å². The Bertz CT molecular complexity index is 2780. The number of rotatable bonds is 93. The van der Waals surface area contributed by atoms with E-state index >= 15 is 0 Å². The summed E-state index contributed by atoms with van der Waals surface area (Å²) in [6.45, 7) is 2.65. The van der Waals surface area contributed by atoms with Gasteiger partial charge in [0.15, 0.2) is 6.10 Å². The number of unbranched alkanes of at least 4 members (excludes halogenated alkanes) is 46. The second kappa shape index (κ2) is 94.6. The Morgan fingerprint density at radius 3 is 0.653 bits per heavy atom. The van der Waals surface area contributed by atoms with Crippen molar-refractivity contribution >= 4 is 33.6 Å². The lowest BCUT2D eigenvalue weighted by atomic mass is 10.0. The van der Waals surface area contributed by atoms with E-state index in [1.807, 2.05) is 0 Å². The summed E-state index contributed by atoms with van der Waals surface area (Å²) in [6.07, 6.45) is 120. The molecule has 0 aliphatic heterocycles. The third-order valence-electron chi connectivity index (χ3n) is 21.0. The van der Waals surface area contributed by atoms with E-state index in [4.69, 9.17) is 32.3 Å². The van der Waals surface area contributed by atoms with E-state index in [-0.39, 0.29) is 19.3 Å². The van der Waals surface area contributed by atoms with Crippen LogP contribution in [0.25, 0.3) is 0 Å². The maximum Gasteiger partial charge on any atom is 0.472 e. The van der Waals surface area contributed by atoms with Gasteiger partial charge < -0.3 is 34.2 Å². The highest BCUT2D eigenvalue weighted by atomic mass is 31.2. The van der Waals surface area contributed by atoms with Gasteiger partial charge >= 0.3 is 33.6 Å². The van der Waals surface area contributed by atoms with Crippen LogP contribution in [0.15, 0.2) is 146 Å². The van der Waals surface area contributed by atoms with Crippen LogP contribution in [0.3, 0.4) is 0 Å². The second-order valence-corrected chi connectivity index (χ2v) is 35.8. The summed E-state index contributed by atoms with van der Waals surface area (Å²) >= 11 is 0. The Hall–Kier alpha value is -4.57. The number of hydrogen-bond donors (Lipinski definition) is 4. The van der Waals surface area contributed by atoms with Crippen molar-refractivity contribution in [3.63, 3.8) is 0 Å². The molecule has 0 aromatic rings. The van der Waals surface area contributed by atoms with Crippen molar-refractivity contribution in [1.82, 2.24) is 0 Å². The molecule has 121 heavy (non-hydrogen) atoms. The SMILES string of the molecule is CCCCC/C=C\C/C=C\C/C=C\C/C=C\CCCCCCCCCCCCCCCCCCCC(=O)OCC(O)COP(=O)(O)OCC(O)COP(=O)(O)OCC(COC(=O)CCCCCCCCCCCCCCC/C=C\C/C=C\C/C=C\C/C=C\CCCCC)OC(=O)CCCCCCCCC/C=C\C/C=C\C/C=C\C/C=C\CCCCC. The van der Waals surface area contributed by atoms with Crippen molar-refractivity contribution in [2.24, 2.45) is 0 Å². The molecule has 0 heterocycles.